The Morgan fingerprint density at radius 2 is 0.815 bits per heavy atom. The van der Waals surface area contributed by atoms with E-state index >= 15 is 0 Å². The van der Waals surface area contributed by atoms with Crippen molar-refractivity contribution >= 4 is 69.0 Å². The highest BCUT2D eigenvalue weighted by Gasteiger charge is 2.24. The Balaban J connectivity index is 1.57. The van der Waals surface area contributed by atoms with E-state index in [9.17, 15) is 0 Å². The summed E-state index contributed by atoms with van der Waals surface area (Å²) in [6.07, 6.45) is 39.6. The second-order valence-corrected chi connectivity index (χ2v) is 19.8. The number of halogens is 1. The molecule has 5 aromatic rings. The van der Waals surface area contributed by atoms with Gasteiger partial charge in [0, 0.05) is 53.5 Å². The van der Waals surface area contributed by atoms with Crippen LogP contribution in [0.15, 0.2) is 72.8 Å². The molecule has 0 radical (unpaired) electrons. The van der Waals surface area contributed by atoms with Crippen molar-refractivity contribution in [2.24, 2.45) is 0 Å². The van der Waals surface area contributed by atoms with E-state index < -0.39 is 0 Å². The quantitative estimate of drug-likeness (QED) is 0.0360. The van der Waals surface area contributed by atoms with Gasteiger partial charge in [-0.25, -0.2) is 9.97 Å². The van der Waals surface area contributed by atoms with Gasteiger partial charge in [-0.15, -0.1) is 6.42 Å². The van der Waals surface area contributed by atoms with Crippen molar-refractivity contribution in [1.29, 1.82) is 0 Å². The fourth-order valence-electron chi connectivity index (χ4n) is 10.2. The number of nitrogens with zero attached hydrogens (tertiary/aromatic N) is 2. The summed E-state index contributed by atoms with van der Waals surface area (Å²) in [5, 5.41) is 0. The Morgan fingerprint density at radius 1 is 0.446 bits per heavy atom. The molecule has 340 valence electrons. The summed E-state index contributed by atoms with van der Waals surface area (Å²) in [6.45, 7) is 9.23. The van der Waals surface area contributed by atoms with Crippen molar-refractivity contribution in [2.75, 3.05) is 0 Å². The number of hydrogen-bond donors (Lipinski definition) is 2. The van der Waals surface area contributed by atoms with Crippen LogP contribution in [0.5, 0.6) is 0 Å². The molecule has 0 unspecified atom stereocenters. The lowest BCUT2D eigenvalue weighted by molar-refractivity contribution is 0.497. The number of fused-ring (bicyclic) bond motifs is 8. The number of nitrogens with one attached hydrogen (secondary N) is 2. The molecule has 0 spiro atoms. The first-order valence-corrected chi connectivity index (χ1v) is 26.5. The van der Waals surface area contributed by atoms with Crippen LogP contribution in [0.3, 0.4) is 0 Å². The van der Waals surface area contributed by atoms with Gasteiger partial charge in [-0.2, -0.15) is 0 Å². The van der Waals surface area contributed by atoms with Gasteiger partial charge >= 0.3 is 0 Å². The molecule has 2 aliphatic heterocycles. The van der Waals surface area contributed by atoms with E-state index in [1.807, 2.05) is 0 Å². The number of terminal acetylenes is 1. The fourth-order valence-corrected chi connectivity index (χ4v) is 10.6. The van der Waals surface area contributed by atoms with E-state index in [0.29, 0.717) is 11.8 Å². The average Bonchev–Trinajstić information content (AvgIpc) is 4.18. The van der Waals surface area contributed by atoms with Crippen molar-refractivity contribution in [3.8, 4) is 34.6 Å². The second kappa shape index (κ2) is 24.7. The zero-order chi connectivity index (χ0) is 45.4. The second-order valence-electron chi connectivity index (χ2n) is 18.6. The van der Waals surface area contributed by atoms with Crippen molar-refractivity contribution in [3.05, 3.63) is 116 Å². The van der Waals surface area contributed by atoms with Gasteiger partial charge in [-0.05, 0) is 144 Å². The van der Waals surface area contributed by atoms with Crippen LogP contribution in [0, 0.1) is 15.9 Å². The van der Waals surface area contributed by atoms with Crippen molar-refractivity contribution in [1.82, 2.24) is 19.9 Å². The molecule has 2 N–H and O–H groups in total. The van der Waals surface area contributed by atoms with E-state index in [1.165, 1.54) is 140 Å². The molecule has 2 aromatic carbocycles. The fraction of sp³-hybridized carbons (Fsp3) is 0.433. The number of benzene rings is 2. The molecule has 0 saturated carbocycles. The van der Waals surface area contributed by atoms with Crippen molar-refractivity contribution in [2.45, 2.75) is 168 Å². The predicted octanol–water partition coefficient (Wildman–Crippen LogP) is 18.6. The van der Waals surface area contributed by atoms with Crippen LogP contribution in [0.4, 0.5) is 0 Å². The summed E-state index contributed by atoms with van der Waals surface area (Å²) in [4.78, 5) is 19.5. The van der Waals surface area contributed by atoms with Gasteiger partial charge in [0.25, 0.3) is 0 Å². The highest BCUT2D eigenvalue weighted by Crippen LogP contribution is 2.41. The maximum atomic E-state index is 5.89. The van der Waals surface area contributed by atoms with Gasteiger partial charge in [-0.3, -0.25) is 0 Å². The van der Waals surface area contributed by atoms with E-state index in [-0.39, 0.29) is 0 Å². The predicted molar refractivity (Wildman–Crippen MR) is 291 cm³/mol. The first kappa shape index (κ1) is 48.3. The Labute approximate surface area is 404 Å². The molecular formula is C60H73IN4. The van der Waals surface area contributed by atoms with E-state index in [2.05, 4.69) is 163 Å². The maximum Gasteiger partial charge on any atom is 0.0737 e. The number of hydrogen-bond acceptors (Lipinski definition) is 2. The average molecular weight is 977 g/mol. The third-order valence-electron chi connectivity index (χ3n) is 13.7. The minimum absolute atomic E-state index is 0.376. The molecule has 0 saturated heterocycles. The van der Waals surface area contributed by atoms with Crippen LogP contribution in [0.2, 0.25) is 0 Å². The highest BCUT2D eigenvalue weighted by atomic mass is 127. The van der Waals surface area contributed by atoms with Gasteiger partial charge in [0.05, 0.1) is 22.8 Å². The number of unbranched alkanes of at least 4 members (excludes halogenated alkanes) is 12. The van der Waals surface area contributed by atoms with Crippen LogP contribution in [-0.4, -0.2) is 19.9 Å². The molecule has 0 fully saturated rings. The molecule has 7 rings (SSSR count). The van der Waals surface area contributed by atoms with Crippen LogP contribution >= 0.6 is 22.6 Å². The van der Waals surface area contributed by atoms with E-state index in [4.69, 9.17) is 16.4 Å². The van der Waals surface area contributed by atoms with Gasteiger partial charge in [-0.1, -0.05) is 161 Å². The SMILES string of the molecule is C#Cc1ccc(-c2c3nc(c(C(CCCCCC)CCCCCC)c4ccc([nH]4)c(-c4ccc(I)cc4)c4ccc([nH]4)c(C(CCCCCC)CCCCCC)c4nc2C=C4)C=C3)cc1. The van der Waals surface area contributed by atoms with Crippen molar-refractivity contribution in [3.63, 3.8) is 0 Å². The molecule has 4 nitrogen and oxygen atoms in total. The molecule has 65 heavy (non-hydrogen) atoms. The van der Waals surface area contributed by atoms with Gasteiger partial charge in [0.1, 0.15) is 0 Å². The third kappa shape index (κ3) is 12.4. The monoisotopic (exact) mass is 976 g/mol. The first-order valence-electron chi connectivity index (χ1n) is 25.4. The Hall–Kier alpha value is -4.67. The van der Waals surface area contributed by atoms with Crippen LogP contribution in [-0.2, 0) is 0 Å². The van der Waals surface area contributed by atoms with E-state index in [0.717, 1.165) is 76.2 Å². The molecular weight excluding hydrogens is 904 g/mol. The van der Waals surface area contributed by atoms with Gasteiger partial charge in [0.15, 0.2) is 0 Å². The van der Waals surface area contributed by atoms with Crippen LogP contribution in [0.1, 0.15) is 207 Å². The number of H-pyrrole nitrogens is 2. The summed E-state index contributed by atoms with van der Waals surface area (Å²) < 4.78 is 1.23. The molecule has 0 atom stereocenters. The first-order chi connectivity index (χ1) is 32.0. The topological polar surface area (TPSA) is 57.4 Å². The van der Waals surface area contributed by atoms with Gasteiger partial charge < -0.3 is 9.97 Å². The molecule has 3 aromatic heterocycles. The third-order valence-corrected chi connectivity index (χ3v) is 14.5. The lowest BCUT2D eigenvalue weighted by Crippen LogP contribution is -2.04. The molecule has 0 amide bonds. The summed E-state index contributed by atoms with van der Waals surface area (Å²) >= 11 is 2.42. The smallest absolute Gasteiger partial charge is 0.0737 e. The number of rotatable bonds is 24. The summed E-state index contributed by atoms with van der Waals surface area (Å²) in [7, 11) is 0. The Morgan fingerprint density at radius 3 is 1.22 bits per heavy atom. The number of aromatic nitrogens is 4. The zero-order valence-electron chi connectivity index (χ0n) is 39.9. The molecule has 5 heteroatoms. The van der Waals surface area contributed by atoms with Crippen LogP contribution < -0.4 is 0 Å². The Bertz CT molecular complexity index is 2430. The lowest BCUT2D eigenvalue weighted by atomic mass is 9.87. The molecule has 5 heterocycles. The van der Waals surface area contributed by atoms with Gasteiger partial charge in [0.2, 0.25) is 0 Å². The lowest BCUT2D eigenvalue weighted by Gasteiger charge is -2.19. The zero-order valence-corrected chi connectivity index (χ0v) is 42.0. The largest absolute Gasteiger partial charge is 0.355 e. The summed E-state index contributed by atoms with van der Waals surface area (Å²) in [5.41, 5.74) is 16.7. The molecule has 8 bridgehead atoms. The summed E-state index contributed by atoms with van der Waals surface area (Å²) in [6, 6.07) is 26.8. The minimum Gasteiger partial charge on any atom is -0.355 e. The van der Waals surface area contributed by atoms with E-state index in [1.54, 1.807) is 0 Å². The number of aromatic amines is 2. The minimum atomic E-state index is 0.376. The molecule has 2 aliphatic rings. The van der Waals surface area contributed by atoms with Crippen LogP contribution in [0.25, 0.3) is 68.6 Å². The van der Waals surface area contributed by atoms with Crippen molar-refractivity contribution < 1.29 is 0 Å². The normalized spacial score (nSPS) is 12.2. The highest BCUT2D eigenvalue weighted by molar-refractivity contribution is 14.1. The standard InChI is InChI=1S/C60H73IN4/c1-6-11-15-19-23-44(24-20-16-12-7-2)57-49-35-39-53(62-49)59(46-29-27-43(10-5)28-30-46)54-40-36-50(63-54)58(45(25-21-17-13-8-3)26-22-18-14-9-4)52-38-42-56(65-52)60(55-41-37-51(57)64-55)47-31-33-48(61)34-32-47/h5,27-42,44-45,64-65H,6-9,11-26H2,1-4H3. The Kier molecular flexibility index (Phi) is 18.4. The summed E-state index contributed by atoms with van der Waals surface area (Å²) in [5.74, 6) is 3.59. The molecule has 0 aliphatic carbocycles. The maximum absolute atomic E-state index is 5.89.